The van der Waals surface area contributed by atoms with Gasteiger partial charge in [0, 0.05) is 32.4 Å². The molecule has 0 aliphatic heterocycles. The number of aromatic nitrogens is 2. The molecule has 1 aliphatic carbocycles. The van der Waals surface area contributed by atoms with E-state index in [-0.39, 0.29) is 0 Å². The number of aryl methyl sites for hydroxylation is 3. The molecule has 1 saturated carbocycles. The van der Waals surface area contributed by atoms with Crippen LogP contribution in [0.15, 0.2) is 66.7 Å². The minimum Gasteiger partial charge on any atom is -0.488 e. The van der Waals surface area contributed by atoms with Crippen LogP contribution in [0.3, 0.4) is 0 Å². The second kappa shape index (κ2) is 14.0. The quantitative estimate of drug-likeness (QED) is 0.195. The highest BCUT2D eigenvalue weighted by molar-refractivity contribution is 5.89. The molecule has 1 aromatic heterocycles. The van der Waals surface area contributed by atoms with E-state index >= 15 is 0 Å². The van der Waals surface area contributed by atoms with Crippen molar-refractivity contribution < 1.29 is 4.74 Å². The second-order valence-corrected chi connectivity index (χ2v) is 12.1. The Kier molecular flexibility index (Phi) is 9.89. The Morgan fingerprint density at radius 2 is 1.51 bits per heavy atom. The van der Waals surface area contributed by atoms with Gasteiger partial charge in [0.2, 0.25) is 0 Å². The number of hydrogen-bond acceptors (Lipinski definition) is 5. The maximum atomic E-state index is 6.17. The van der Waals surface area contributed by atoms with Gasteiger partial charge in [0.1, 0.15) is 24.0 Å². The molecule has 1 fully saturated rings. The van der Waals surface area contributed by atoms with Gasteiger partial charge in [-0.2, -0.15) is 0 Å². The molecule has 0 radical (unpaired) electrons. The van der Waals surface area contributed by atoms with E-state index in [1.54, 1.807) is 0 Å². The topological polar surface area (TPSA) is 50.3 Å². The van der Waals surface area contributed by atoms with E-state index in [2.05, 4.69) is 98.8 Å². The summed E-state index contributed by atoms with van der Waals surface area (Å²) >= 11 is 0. The molecule has 5 rings (SSSR count). The van der Waals surface area contributed by atoms with E-state index in [1.165, 1.54) is 60.8 Å². The van der Waals surface area contributed by atoms with Crippen molar-refractivity contribution in [3.8, 4) is 5.75 Å². The zero-order chi connectivity index (χ0) is 28.6. The predicted octanol–water partition coefficient (Wildman–Crippen LogP) is 7.81. The molecular formula is C36H46N4O. The third kappa shape index (κ3) is 7.85. The lowest BCUT2D eigenvalue weighted by Crippen LogP contribution is -2.26. The van der Waals surface area contributed by atoms with Crippen LogP contribution in [0.25, 0.3) is 10.9 Å². The number of rotatable bonds is 12. The summed E-state index contributed by atoms with van der Waals surface area (Å²) in [5, 5.41) is 4.88. The van der Waals surface area contributed by atoms with Crippen molar-refractivity contribution >= 4 is 16.7 Å². The normalized spacial score (nSPS) is 17.1. The van der Waals surface area contributed by atoms with Crippen LogP contribution in [0.1, 0.15) is 66.6 Å². The average molecular weight is 551 g/mol. The minimum atomic E-state index is 0.609. The Labute approximate surface area is 246 Å². The molecule has 0 atom stereocenters. The summed E-state index contributed by atoms with van der Waals surface area (Å²) in [6.07, 6.45) is 8.77. The lowest BCUT2D eigenvalue weighted by atomic mass is 9.80. The Bertz CT molecular complexity index is 1390. The maximum Gasteiger partial charge on any atom is 0.139 e. The first kappa shape index (κ1) is 29.1. The van der Waals surface area contributed by atoms with Gasteiger partial charge in [-0.15, -0.1) is 0 Å². The van der Waals surface area contributed by atoms with Gasteiger partial charge in [-0.25, -0.2) is 9.97 Å². The van der Waals surface area contributed by atoms with Crippen LogP contribution < -0.4 is 15.0 Å². The van der Waals surface area contributed by atoms with Gasteiger partial charge in [-0.1, -0.05) is 73.9 Å². The third-order valence-electron chi connectivity index (χ3n) is 8.54. The molecule has 3 aromatic carbocycles. The molecule has 0 unspecified atom stereocenters. The molecular weight excluding hydrogens is 504 g/mol. The monoisotopic (exact) mass is 550 g/mol. The minimum absolute atomic E-state index is 0.609. The highest BCUT2D eigenvalue weighted by atomic mass is 16.5. The molecule has 0 spiro atoms. The highest BCUT2D eigenvalue weighted by Crippen LogP contribution is 2.32. The van der Waals surface area contributed by atoms with Crippen molar-refractivity contribution in [3.05, 3.63) is 94.8 Å². The fourth-order valence-electron chi connectivity index (χ4n) is 6.35. The molecule has 216 valence electrons. The number of nitrogens with zero attached hydrogens (tertiary/aromatic N) is 3. The SMILES string of the molecule is Cc1cc(CNCC2CCC(CCCc3nc(N(C)C)c4ccccc4n3)CC2)cc(C)c1OCc1ccccc1. The molecule has 1 heterocycles. The summed E-state index contributed by atoms with van der Waals surface area (Å²) in [6, 6.07) is 23.3. The van der Waals surface area contributed by atoms with Crippen molar-refractivity contribution in [1.82, 2.24) is 15.3 Å². The molecule has 1 N–H and O–H groups in total. The number of hydrogen-bond donors (Lipinski definition) is 1. The van der Waals surface area contributed by atoms with Crippen LogP contribution in [-0.2, 0) is 19.6 Å². The Balaban J connectivity index is 1.02. The Morgan fingerprint density at radius 3 is 2.24 bits per heavy atom. The Morgan fingerprint density at radius 1 is 0.829 bits per heavy atom. The van der Waals surface area contributed by atoms with Crippen LogP contribution in [0, 0.1) is 25.7 Å². The van der Waals surface area contributed by atoms with E-state index in [0.29, 0.717) is 6.61 Å². The van der Waals surface area contributed by atoms with Gasteiger partial charge in [0.25, 0.3) is 0 Å². The van der Waals surface area contributed by atoms with Gasteiger partial charge in [0.05, 0.1) is 5.52 Å². The standard InChI is InChI=1S/C36H46N4O/c1-26-21-31(22-27(2)35(26)41-25-30-11-6-5-7-12-30)24-37-23-29-19-17-28(18-20-29)13-10-16-34-38-33-15-9-8-14-32(33)36(39-34)40(3)4/h5-9,11-12,14-15,21-22,28-29,37H,10,13,16-20,23-25H2,1-4H3. The van der Waals surface area contributed by atoms with Crippen molar-refractivity contribution in [2.75, 3.05) is 25.5 Å². The molecule has 0 saturated heterocycles. The molecule has 4 aromatic rings. The zero-order valence-electron chi connectivity index (χ0n) is 25.3. The van der Waals surface area contributed by atoms with Crippen LogP contribution in [0.2, 0.25) is 0 Å². The van der Waals surface area contributed by atoms with Crippen molar-refractivity contribution in [2.45, 2.75) is 71.9 Å². The first-order valence-corrected chi connectivity index (χ1v) is 15.4. The lowest BCUT2D eigenvalue weighted by Gasteiger charge is -2.28. The van der Waals surface area contributed by atoms with E-state index in [9.17, 15) is 0 Å². The van der Waals surface area contributed by atoms with Gasteiger partial charge in [-0.3, -0.25) is 0 Å². The number of anilines is 1. The summed E-state index contributed by atoms with van der Waals surface area (Å²) in [6.45, 7) is 6.95. The fourth-order valence-corrected chi connectivity index (χ4v) is 6.35. The summed E-state index contributed by atoms with van der Waals surface area (Å²) in [4.78, 5) is 11.8. The smallest absolute Gasteiger partial charge is 0.139 e. The van der Waals surface area contributed by atoms with Gasteiger partial charge in [0.15, 0.2) is 0 Å². The Hall–Kier alpha value is -3.44. The molecule has 0 amide bonds. The average Bonchev–Trinajstić information content (AvgIpc) is 2.97. The molecule has 5 heteroatoms. The number of fused-ring (bicyclic) bond motifs is 1. The summed E-state index contributed by atoms with van der Waals surface area (Å²) in [5.74, 6) is 4.64. The molecule has 1 aliphatic rings. The molecule has 41 heavy (non-hydrogen) atoms. The van der Waals surface area contributed by atoms with E-state index in [0.717, 1.165) is 59.6 Å². The van der Waals surface area contributed by atoms with E-state index < -0.39 is 0 Å². The molecule has 5 nitrogen and oxygen atoms in total. The largest absolute Gasteiger partial charge is 0.488 e. The lowest BCUT2D eigenvalue weighted by molar-refractivity contribution is 0.253. The number of ether oxygens (including phenoxy) is 1. The van der Waals surface area contributed by atoms with Crippen LogP contribution >= 0.6 is 0 Å². The first-order valence-electron chi connectivity index (χ1n) is 15.4. The zero-order valence-corrected chi connectivity index (χ0v) is 25.3. The van der Waals surface area contributed by atoms with Crippen molar-refractivity contribution in [1.29, 1.82) is 0 Å². The van der Waals surface area contributed by atoms with Gasteiger partial charge in [-0.05, 0) is 85.9 Å². The fraction of sp³-hybridized carbons (Fsp3) is 0.444. The summed E-state index contributed by atoms with van der Waals surface area (Å²) in [7, 11) is 4.12. The summed E-state index contributed by atoms with van der Waals surface area (Å²) in [5.41, 5.74) is 6.01. The number of para-hydroxylation sites is 1. The van der Waals surface area contributed by atoms with Crippen molar-refractivity contribution in [3.63, 3.8) is 0 Å². The first-order chi connectivity index (χ1) is 20.0. The predicted molar refractivity (Wildman–Crippen MR) is 171 cm³/mol. The maximum absolute atomic E-state index is 6.17. The van der Waals surface area contributed by atoms with Crippen LogP contribution in [0.5, 0.6) is 5.75 Å². The van der Waals surface area contributed by atoms with E-state index in [1.807, 2.05) is 6.07 Å². The number of nitrogens with one attached hydrogen (secondary N) is 1. The van der Waals surface area contributed by atoms with Gasteiger partial charge < -0.3 is 15.0 Å². The number of benzene rings is 3. The second-order valence-electron chi connectivity index (χ2n) is 12.1. The summed E-state index contributed by atoms with van der Waals surface area (Å²) < 4.78 is 6.17. The van der Waals surface area contributed by atoms with E-state index in [4.69, 9.17) is 14.7 Å². The van der Waals surface area contributed by atoms with Gasteiger partial charge >= 0.3 is 0 Å². The van der Waals surface area contributed by atoms with Crippen molar-refractivity contribution in [2.24, 2.45) is 11.8 Å². The third-order valence-corrected chi connectivity index (χ3v) is 8.54. The molecule has 0 bridgehead atoms. The van der Waals surface area contributed by atoms with Crippen LogP contribution in [-0.4, -0.2) is 30.6 Å². The highest BCUT2D eigenvalue weighted by Gasteiger charge is 2.21. The van der Waals surface area contributed by atoms with Crippen LogP contribution in [0.4, 0.5) is 5.82 Å².